The molecule has 0 aliphatic heterocycles. The van der Waals surface area contributed by atoms with E-state index in [9.17, 15) is 14.0 Å². The van der Waals surface area contributed by atoms with Crippen molar-refractivity contribution in [2.75, 3.05) is 5.32 Å². The van der Waals surface area contributed by atoms with Gasteiger partial charge in [0.25, 0.3) is 5.91 Å². The lowest BCUT2D eigenvalue weighted by Gasteiger charge is -2.18. The number of hydrogen-bond donors (Lipinski definition) is 1. The molecule has 7 heteroatoms. The molecule has 2 rings (SSSR count). The Morgan fingerprint density at radius 1 is 1.08 bits per heavy atom. The van der Waals surface area contributed by atoms with Crippen LogP contribution >= 0.6 is 0 Å². The summed E-state index contributed by atoms with van der Waals surface area (Å²) in [5, 5.41) is 11.1. The van der Waals surface area contributed by atoms with Gasteiger partial charge in [-0.25, -0.2) is 9.18 Å². The maximum atomic E-state index is 13.5. The second-order valence-corrected chi connectivity index (χ2v) is 5.44. The van der Waals surface area contributed by atoms with E-state index in [1.807, 2.05) is 6.07 Å². The number of rotatable bonds is 6. The maximum Gasteiger partial charge on any atom is 0.347 e. The molecule has 0 fully saturated rings. The number of nitrogens with zero attached hydrogens (tertiary/aromatic N) is 1. The summed E-state index contributed by atoms with van der Waals surface area (Å²) in [6.45, 7) is 2.85. The summed E-state index contributed by atoms with van der Waals surface area (Å²) in [5.74, 6) is -1.60. The molecule has 2 aromatic rings. The minimum absolute atomic E-state index is 0.00211. The lowest BCUT2D eigenvalue weighted by Crippen LogP contribution is -2.35. The topological polar surface area (TPSA) is 88.4 Å². The molecule has 1 N–H and O–H groups in total. The summed E-state index contributed by atoms with van der Waals surface area (Å²) < 4.78 is 24.0. The van der Waals surface area contributed by atoms with Gasteiger partial charge in [-0.2, -0.15) is 5.26 Å². The number of benzene rings is 2. The van der Waals surface area contributed by atoms with Crippen LogP contribution in [0.15, 0.2) is 48.5 Å². The number of esters is 1. The Bertz CT molecular complexity index is 830. The Hall–Kier alpha value is -3.40. The van der Waals surface area contributed by atoms with Crippen LogP contribution in [0.5, 0.6) is 5.75 Å². The van der Waals surface area contributed by atoms with Crippen LogP contribution in [-0.2, 0) is 14.3 Å². The van der Waals surface area contributed by atoms with Crippen LogP contribution in [0.3, 0.4) is 0 Å². The van der Waals surface area contributed by atoms with E-state index in [4.69, 9.17) is 14.7 Å². The zero-order chi connectivity index (χ0) is 19.1. The average molecular weight is 356 g/mol. The van der Waals surface area contributed by atoms with Crippen molar-refractivity contribution in [3.8, 4) is 11.8 Å². The molecule has 6 nitrogen and oxygen atoms in total. The molecule has 26 heavy (non-hydrogen) atoms. The first-order valence-electron chi connectivity index (χ1n) is 7.83. The summed E-state index contributed by atoms with van der Waals surface area (Å²) in [4.78, 5) is 24.1. The number of ether oxygens (including phenoxy) is 2. The number of halogens is 1. The lowest BCUT2D eigenvalue weighted by molar-refractivity contribution is -0.159. The maximum absolute atomic E-state index is 13.5. The summed E-state index contributed by atoms with van der Waals surface area (Å²) in [6, 6.07) is 13.9. The predicted octanol–water partition coefficient (Wildman–Crippen LogP) is 3.04. The van der Waals surface area contributed by atoms with E-state index < -0.39 is 29.9 Å². The minimum Gasteiger partial charge on any atom is -0.479 e. The van der Waals surface area contributed by atoms with Crippen LogP contribution in [0.1, 0.15) is 19.4 Å². The van der Waals surface area contributed by atoms with E-state index in [1.54, 1.807) is 30.3 Å². The van der Waals surface area contributed by atoms with E-state index in [0.717, 1.165) is 0 Å². The molecule has 0 aliphatic carbocycles. The number of carbonyl (C=O) groups is 2. The molecule has 0 saturated carbocycles. The van der Waals surface area contributed by atoms with Gasteiger partial charge >= 0.3 is 5.97 Å². The summed E-state index contributed by atoms with van der Waals surface area (Å²) in [7, 11) is 0. The minimum atomic E-state index is -1.13. The molecule has 0 aromatic heterocycles. The van der Waals surface area contributed by atoms with Crippen molar-refractivity contribution in [1.82, 2.24) is 0 Å². The van der Waals surface area contributed by atoms with Gasteiger partial charge in [-0.05, 0) is 50.2 Å². The Balaban J connectivity index is 1.89. The molecule has 2 aromatic carbocycles. The monoisotopic (exact) mass is 356 g/mol. The Labute approximate surface area is 150 Å². The number of carbonyl (C=O) groups excluding carboxylic acids is 2. The quantitative estimate of drug-likeness (QED) is 0.804. The van der Waals surface area contributed by atoms with E-state index in [-0.39, 0.29) is 5.69 Å². The predicted molar refractivity (Wildman–Crippen MR) is 91.8 cm³/mol. The zero-order valence-electron chi connectivity index (χ0n) is 14.2. The number of nitrogens with one attached hydrogen (secondary N) is 1. The third kappa shape index (κ3) is 5.05. The van der Waals surface area contributed by atoms with Gasteiger partial charge in [-0.3, -0.25) is 4.79 Å². The van der Waals surface area contributed by atoms with Gasteiger partial charge < -0.3 is 14.8 Å². The molecule has 0 bridgehead atoms. The van der Waals surface area contributed by atoms with Gasteiger partial charge in [0.2, 0.25) is 0 Å². The fraction of sp³-hybridized carbons (Fsp3) is 0.211. The summed E-state index contributed by atoms with van der Waals surface area (Å²) >= 11 is 0. The van der Waals surface area contributed by atoms with Gasteiger partial charge in [0, 0.05) is 0 Å². The van der Waals surface area contributed by atoms with Crippen LogP contribution in [0.2, 0.25) is 0 Å². The van der Waals surface area contributed by atoms with Crippen molar-refractivity contribution in [2.45, 2.75) is 26.1 Å². The molecule has 0 radical (unpaired) electrons. The largest absolute Gasteiger partial charge is 0.479 e. The van der Waals surface area contributed by atoms with Crippen molar-refractivity contribution in [3.05, 3.63) is 59.9 Å². The van der Waals surface area contributed by atoms with Gasteiger partial charge in [0.1, 0.15) is 11.6 Å². The Morgan fingerprint density at radius 3 is 2.35 bits per heavy atom. The average Bonchev–Trinajstić information content (AvgIpc) is 2.64. The first kappa shape index (κ1) is 18.9. The van der Waals surface area contributed by atoms with Crippen LogP contribution in [0, 0.1) is 17.1 Å². The highest BCUT2D eigenvalue weighted by molar-refractivity contribution is 5.95. The first-order valence-corrected chi connectivity index (χ1v) is 7.83. The fourth-order valence-electron chi connectivity index (χ4n) is 1.98. The highest BCUT2D eigenvalue weighted by Crippen LogP contribution is 2.15. The Kier molecular flexibility index (Phi) is 6.28. The number of anilines is 1. The van der Waals surface area contributed by atoms with E-state index in [0.29, 0.717) is 11.3 Å². The van der Waals surface area contributed by atoms with Gasteiger partial charge in [-0.1, -0.05) is 12.1 Å². The van der Waals surface area contributed by atoms with Gasteiger partial charge in [0.15, 0.2) is 12.2 Å². The van der Waals surface area contributed by atoms with E-state index in [2.05, 4.69) is 5.32 Å². The molecule has 1 amide bonds. The highest BCUT2D eigenvalue weighted by Gasteiger charge is 2.23. The third-order valence-corrected chi connectivity index (χ3v) is 3.42. The third-order valence-electron chi connectivity index (χ3n) is 3.42. The molecule has 0 spiro atoms. The second-order valence-electron chi connectivity index (χ2n) is 5.44. The van der Waals surface area contributed by atoms with E-state index >= 15 is 0 Å². The number of para-hydroxylation sites is 1. The van der Waals surface area contributed by atoms with Gasteiger partial charge in [-0.15, -0.1) is 0 Å². The molecule has 0 saturated heterocycles. The van der Waals surface area contributed by atoms with Gasteiger partial charge in [0.05, 0.1) is 17.3 Å². The first-order chi connectivity index (χ1) is 12.4. The number of nitriles is 1. The van der Waals surface area contributed by atoms with E-state index in [1.165, 1.54) is 32.0 Å². The number of amides is 1. The zero-order valence-corrected chi connectivity index (χ0v) is 14.2. The van der Waals surface area contributed by atoms with Crippen LogP contribution in [0.4, 0.5) is 10.1 Å². The smallest absolute Gasteiger partial charge is 0.347 e. The second kappa shape index (κ2) is 8.62. The molecule has 0 heterocycles. The molecule has 2 atom stereocenters. The van der Waals surface area contributed by atoms with Crippen LogP contribution < -0.4 is 10.1 Å². The molecular weight excluding hydrogens is 339 g/mol. The Morgan fingerprint density at radius 2 is 1.73 bits per heavy atom. The molecule has 0 aliphatic rings. The fourth-order valence-corrected chi connectivity index (χ4v) is 1.98. The van der Waals surface area contributed by atoms with Crippen molar-refractivity contribution >= 4 is 17.6 Å². The normalized spacial score (nSPS) is 12.4. The standard InChI is InChI=1S/C19H17FN2O4/c1-12(18(23)22-17-6-4-3-5-16(17)20)26-19(24)13(2)25-15-9-7-14(11-21)8-10-15/h3-10,12-13H,1-2H3,(H,22,23)/t12-,13+/m0/s1. The summed E-state index contributed by atoms with van der Waals surface area (Å²) in [6.07, 6.45) is -2.10. The van der Waals surface area contributed by atoms with Crippen molar-refractivity contribution in [3.63, 3.8) is 0 Å². The SMILES string of the molecule is C[C@H](OC(=O)[C@@H](C)Oc1ccc(C#N)cc1)C(=O)Nc1ccccc1F. The van der Waals surface area contributed by atoms with Crippen molar-refractivity contribution < 1.29 is 23.5 Å². The molecule has 0 unspecified atom stereocenters. The molecule has 134 valence electrons. The van der Waals surface area contributed by atoms with Crippen LogP contribution in [0.25, 0.3) is 0 Å². The van der Waals surface area contributed by atoms with Crippen molar-refractivity contribution in [1.29, 1.82) is 5.26 Å². The van der Waals surface area contributed by atoms with Crippen molar-refractivity contribution in [2.24, 2.45) is 0 Å². The van der Waals surface area contributed by atoms with Crippen LogP contribution in [-0.4, -0.2) is 24.1 Å². The number of hydrogen-bond acceptors (Lipinski definition) is 5. The summed E-state index contributed by atoms with van der Waals surface area (Å²) in [5.41, 5.74) is 0.466. The highest BCUT2D eigenvalue weighted by atomic mass is 19.1. The lowest BCUT2D eigenvalue weighted by atomic mass is 10.2. The molecular formula is C19H17FN2O4.